The Morgan fingerprint density at radius 3 is 2.96 bits per heavy atom. The molecule has 2 unspecified atom stereocenters. The second kappa shape index (κ2) is 10.3. The summed E-state index contributed by atoms with van der Waals surface area (Å²) in [6, 6.07) is 8.57. The minimum atomic E-state index is -0.0143. The first kappa shape index (κ1) is 20.4. The number of halogens is 2. The molecule has 2 atom stereocenters. The first-order chi connectivity index (χ1) is 10.6. The van der Waals surface area contributed by atoms with Crippen LogP contribution in [0.4, 0.5) is 0 Å². The molecule has 0 aromatic heterocycles. The van der Waals surface area contributed by atoms with Gasteiger partial charge in [-0.05, 0) is 37.5 Å². The Hall–Kier alpha value is -0.620. The Kier molecular flexibility index (Phi) is 9.14. The van der Waals surface area contributed by atoms with E-state index in [2.05, 4.69) is 40.3 Å². The fourth-order valence-corrected chi connectivity index (χ4v) is 3.36. The fraction of sp³-hybridized carbons (Fsp3) is 0.588. The number of hydrogen-bond acceptors (Lipinski definition) is 3. The van der Waals surface area contributed by atoms with Gasteiger partial charge in [-0.25, -0.2) is 0 Å². The van der Waals surface area contributed by atoms with Crippen molar-refractivity contribution in [3.63, 3.8) is 0 Å². The highest BCUT2D eigenvalue weighted by Gasteiger charge is 2.27. The van der Waals surface area contributed by atoms with Crippen molar-refractivity contribution in [2.24, 2.45) is 5.92 Å². The molecule has 1 aromatic carbocycles. The summed E-state index contributed by atoms with van der Waals surface area (Å²) >= 11 is 3.50. The molecular formula is C17H26BrClN2O2. The number of carbonyl (C=O) groups excluding carboxylic acids is 1. The zero-order valence-electron chi connectivity index (χ0n) is 13.8. The van der Waals surface area contributed by atoms with Gasteiger partial charge in [-0.1, -0.05) is 28.1 Å². The lowest BCUT2D eigenvalue weighted by Gasteiger charge is -2.34. The van der Waals surface area contributed by atoms with Crippen LogP contribution >= 0.6 is 28.3 Å². The second-order valence-electron chi connectivity index (χ2n) is 5.95. The zero-order valence-corrected chi connectivity index (χ0v) is 16.2. The van der Waals surface area contributed by atoms with Gasteiger partial charge in [0, 0.05) is 49.8 Å². The topological polar surface area (TPSA) is 41.6 Å². The van der Waals surface area contributed by atoms with Crippen LogP contribution in [0, 0.1) is 5.92 Å². The fourth-order valence-electron chi connectivity index (χ4n) is 2.91. The van der Waals surface area contributed by atoms with Crippen molar-refractivity contribution in [2.45, 2.75) is 25.8 Å². The van der Waals surface area contributed by atoms with E-state index in [-0.39, 0.29) is 24.2 Å². The van der Waals surface area contributed by atoms with Gasteiger partial charge in [-0.15, -0.1) is 12.4 Å². The van der Waals surface area contributed by atoms with E-state index in [1.54, 1.807) is 7.11 Å². The normalized spacial score (nSPS) is 19.1. The minimum absolute atomic E-state index is 0. The molecule has 0 aliphatic carbocycles. The summed E-state index contributed by atoms with van der Waals surface area (Å²) in [6.07, 6.45) is 1.53. The molecule has 0 saturated carbocycles. The Labute approximate surface area is 153 Å². The van der Waals surface area contributed by atoms with Gasteiger partial charge in [0.25, 0.3) is 0 Å². The Balaban J connectivity index is 0.00000264. The lowest BCUT2D eigenvalue weighted by molar-refractivity contribution is -0.137. The summed E-state index contributed by atoms with van der Waals surface area (Å²) in [4.78, 5) is 14.9. The van der Waals surface area contributed by atoms with E-state index >= 15 is 0 Å². The number of rotatable bonds is 6. The second-order valence-corrected chi connectivity index (χ2v) is 6.87. The molecule has 1 aromatic rings. The third kappa shape index (κ3) is 6.42. The third-order valence-corrected chi connectivity index (χ3v) is 4.56. The number of piperazine rings is 1. The Morgan fingerprint density at radius 2 is 2.30 bits per heavy atom. The lowest BCUT2D eigenvalue weighted by Crippen LogP contribution is -2.53. The average molecular weight is 406 g/mol. The highest BCUT2D eigenvalue weighted by atomic mass is 79.9. The molecular weight excluding hydrogens is 380 g/mol. The maximum Gasteiger partial charge on any atom is 0.226 e. The number of ether oxygens (including phenoxy) is 1. The number of carbonyl (C=O) groups is 1. The summed E-state index contributed by atoms with van der Waals surface area (Å²) in [6.45, 7) is 5.21. The quantitative estimate of drug-likeness (QED) is 0.791. The smallest absolute Gasteiger partial charge is 0.226 e. The van der Waals surface area contributed by atoms with Crippen LogP contribution in [0.25, 0.3) is 0 Å². The van der Waals surface area contributed by atoms with Gasteiger partial charge in [0.05, 0.1) is 0 Å². The number of amides is 1. The van der Waals surface area contributed by atoms with E-state index in [0.717, 1.165) is 36.9 Å². The molecule has 0 spiro atoms. The van der Waals surface area contributed by atoms with Crippen molar-refractivity contribution < 1.29 is 9.53 Å². The highest BCUT2D eigenvalue weighted by Crippen LogP contribution is 2.19. The minimum Gasteiger partial charge on any atom is -0.385 e. The van der Waals surface area contributed by atoms with Crippen LogP contribution in [0.15, 0.2) is 28.7 Å². The molecule has 130 valence electrons. The lowest BCUT2D eigenvalue weighted by atomic mass is 9.94. The zero-order chi connectivity index (χ0) is 15.9. The van der Waals surface area contributed by atoms with Gasteiger partial charge >= 0.3 is 0 Å². The average Bonchev–Trinajstić information content (AvgIpc) is 2.51. The number of nitrogens with zero attached hydrogens (tertiary/aromatic N) is 1. The number of nitrogens with one attached hydrogen (secondary N) is 1. The van der Waals surface area contributed by atoms with Crippen molar-refractivity contribution in [1.82, 2.24) is 10.2 Å². The van der Waals surface area contributed by atoms with Crippen LogP contribution in [-0.4, -0.2) is 50.2 Å². The molecule has 23 heavy (non-hydrogen) atoms. The number of hydrogen-bond donors (Lipinski definition) is 1. The molecule has 1 fully saturated rings. The molecule has 6 heteroatoms. The maximum atomic E-state index is 12.9. The van der Waals surface area contributed by atoms with Crippen molar-refractivity contribution in [1.29, 1.82) is 0 Å². The van der Waals surface area contributed by atoms with E-state index < -0.39 is 0 Å². The van der Waals surface area contributed by atoms with Gasteiger partial charge < -0.3 is 15.0 Å². The van der Waals surface area contributed by atoms with Gasteiger partial charge in [-0.3, -0.25) is 4.79 Å². The molecule has 4 nitrogen and oxygen atoms in total. The first-order valence-corrected chi connectivity index (χ1v) is 8.65. The summed E-state index contributed by atoms with van der Waals surface area (Å²) in [5.41, 5.74) is 1.19. The number of methoxy groups -OCH3 is 1. The summed E-state index contributed by atoms with van der Waals surface area (Å²) in [7, 11) is 1.69. The standard InChI is InChI=1S/C17H25BrN2O2.ClH/c1-13-12-20(8-7-19-13)17(21)15(6-9-22-2)10-14-4-3-5-16(18)11-14;/h3-5,11,13,15,19H,6-10,12H2,1-2H3;1H. The molecule has 1 N–H and O–H groups in total. The van der Waals surface area contributed by atoms with Crippen LogP contribution in [0.2, 0.25) is 0 Å². The van der Waals surface area contributed by atoms with Crippen molar-refractivity contribution in [3.05, 3.63) is 34.3 Å². The van der Waals surface area contributed by atoms with E-state index in [1.807, 2.05) is 17.0 Å². The van der Waals surface area contributed by atoms with Crippen molar-refractivity contribution in [3.8, 4) is 0 Å². The van der Waals surface area contributed by atoms with Crippen LogP contribution in [-0.2, 0) is 16.0 Å². The summed E-state index contributed by atoms with van der Waals surface area (Å²) < 4.78 is 6.25. The van der Waals surface area contributed by atoms with E-state index in [4.69, 9.17) is 4.74 Å². The molecule has 0 radical (unpaired) electrons. The molecule has 1 heterocycles. The first-order valence-electron chi connectivity index (χ1n) is 7.85. The predicted molar refractivity (Wildman–Crippen MR) is 99.1 cm³/mol. The van der Waals surface area contributed by atoms with Crippen LogP contribution < -0.4 is 5.32 Å². The molecule has 2 rings (SSSR count). The van der Waals surface area contributed by atoms with Gasteiger partial charge in [0.15, 0.2) is 0 Å². The van der Waals surface area contributed by atoms with E-state index in [9.17, 15) is 4.79 Å². The molecule has 0 bridgehead atoms. The third-order valence-electron chi connectivity index (χ3n) is 4.07. The van der Waals surface area contributed by atoms with Crippen molar-refractivity contribution in [2.75, 3.05) is 33.4 Å². The molecule has 1 amide bonds. The predicted octanol–water partition coefficient (Wildman–Crippen LogP) is 2.89. The maximum absolute atomic E-state index is 12.9. The molecule has 1 saturated heterocycles. The van der Waals surface area contributed by atoms with Crippen LogP contribution in [0.1, 0.15) is 18.9 Å². The SMILES string of the molecule is COCCC(Cc1cccc(Br)c1)C(=O)N1CCNC(C)C1.Cl. The molecule has 1 aliphatic rings. The van der Waals surface area contributed by atoms with Crippen LogP contribution in [0.3, 0.4) is 0 Å². The van der Waals surface area contributed by atoms with Gasteiger partial charge in [0.1, 0.15) is 0 Å². The summed E-state index contributed by atoms with van der Waals surface area (Å²) in [5.74, 6) is 0.241. The van der Waals surface area contributed by atoms with Gasteiger partial charge in [-0.2, -0.15) is 0 Å². The number of benzene rings is 1. The highest BCUT2D eigenvalue weighted by molar-refractivity contribution is 9.10. The largest absolute Gasteiger partial charge is 0.385 e. The van der Waals surface area contributed by atoms with Crippen molar-refractivity contribution >= 4 is 34.2 Å². The van der Waals surface area contributed by atoms with E-state index in [1.165, 1.54) is 5.56 Å². The Bertz CT molecular complexity index is 501. The molecule has 1 aliphatic heterocycles. The Morgan fingerprint density at radius 1 is 1.52 bits per heavy atom. The summed E-state index contributed by atoms with van der Waals surface area (Å²) in [5, 5.41) is 3.38. The van der Waals surface area contributed by atoms with Crippen LogP contribution in [0.5, 0.6) is 0 Å². The monoisotopic (exact) mass is 404 g/mol. The van der Waals surface area contributed by atoms with Gasteiger partial charge in [0.2, 0.25) is 5.91 Å². The van der Waals surface area contributed by atoms with E-state index in [0.29, 0.717) is 12.6 Å².